The van der Waals surface area contributed by atoms with Crippen molar-refractivity contribution in [1.82, 2.24) is 4.98 Å². The van der Waals surface area contributed by atoms with Crippen molar-refractivity contribution in [3.05, 3.63) is 18.5 Å². The first-order chi connectivity index (χ1) is 7.22. The van der Waals surface area contributed by atoms with Gasteiger partial charge in [-0.15, -0.1) is 0 Å². The number of hydrogen-bond acceptors (Lipinski definition) is 4. The normalized spacial score (nSPS) is 21.0. The van der Waals surface area contributed by atoms with Gasteiger partial charge in [0, 0.05) is 19.2 Å². The molecule has 80 valence electrons. The molecule has 1 aromatic heterocycles. The van der Waals surface area contributed by atoms with Gasteiger partial charge in [-0.1, -0.05) is 0 Å². The van der Waals surface area contributed by atoms with Gasteiger partial charge in [0.15, 0.2) is 0 Å². The summed E-state index contributed by atoms with van der Waals surface area (Å²) < 4.78 is 0. The number of nitrogen functional groups attached to an aromatic ring is 1. The molecule has 5 heteroatoms. The summed E-state index contributed by atoms with van der Waals surface area (Å²) in [6.45, 7) is 1.17. The standard InChI is InChI=1S/C10H14N4O/c11-4-7-3-10(15)14(6-7)9-5-13-2-1-8(9)12/h1-2,5,7H,3-4,6,11H2,(H2,12,13). The highest BCUT2D eigenvalue weighted by Gasteiger charge is 2.30. The van der Waals surface area contributed by atoms with Crippen LogP contribution in [0.4, 0.5) is 11.4 Å². The maximum atomic E-state index is 11.7. The van der Waals surface area contributed by atoms with Crippen molar-refractivity contribution in [3.8, 4) is 0 Å². The molecule has 0 aliphatic carbocycles. The second-order valence-corrected chi connectivity index (χ2v) is 3.74. The zero-order chi connectivity index (χ0) is 10.8. The van der Waals surface area contributed by atoms with E-state index in [2.05, 4.69) is 4.98 Å². The van der Waals surface area contributed by atoms with E-state index < -0.39 is 0 Å². The molecule has 1 aliphatic heterocycles. The number of nitrogens with zero attached hydrogens (tertiary/aromatic N) is 2. The summed E-state index contributed by atoms with van der Waals surface area (Å²) >= 11 is 0. The van der Waals surface area contributed by atoms with E-state index in [9.17, 15) is 4.79 Å². The second kappa shape index (κ2) is 3.86. The van der Waals surface area contributed by atoms with Crippen molar-refractivity contribution >= 4 is 17.3 Å². The third-order valence-corrected chi connectivity index (χ3v) is 2.66. The predicted octanol–water partition coefficient (Wildman–Crippen LogP) is -0.0246. The fourth-order valence-electron chi connectivity index (χ4n) is 1.79. The molecule has 0 spiro atoms. The Bertz CT molecular complexity index is 379. The molecule has 1 fully saturated rings. The van der Waals surface area contributed by atoms with Gasteiger partial charge in [0.05, 0.1) is 17.6 Å². The highest BCUT2D eigenvalue weighted by molar-refractivity contribution is 5.98. The van der Waals surface area contributed by atoms with E-state index >= 15 is 0 Å². The van der Waals surface area contributed by atoms with E-state index in [0.717, 1.165) is 0 Å². The van der Waals surface area contributed by atoms with Crippen molar-refractivity contribution in [1.29, 1.82) is 0 Å². The van der Waals surface area contributed by atoms with Crippen LogP contribution >= 0.6 is 0 Å². The third-order valence-electron chi connectivity index (χ3n) is 2.66. The Labute approximate surface area is 88.1 Å². The van der Waals surface area contributed by atoms with E-state index in [1.807, 2.05) is 0 Å². The summed E-state index contributed by atoms with van der Waals surface area (Å²) in [5, 5.41) is 0. The summed E-state index contributed by atoms with van der Waals surface area (Å²) in [6.07, 6.45) is 3.73. The zero-order valence-electron chi connectivity index (χ0n) is 8.39. The lowest BCUT2D eigenvalue weighted by molar-refractivity contribution is -0.117. The van der Waals surface area contributed by atoms with Crippen LogP contribution in [0.25, 0.3) is 0 Å². The molecule has 0 bridgehead atoms. The van der Waals surface area contributed by atoms with Gasteiger partial charge in [-0.05, 0) is 18.5 Å². The van der Waals surface area contributed by atoms with Crippen LogP contribution in [0.3, 0.4) is 0 Å². The van der Waals surface area contributed by atoms with Crippen molar-refractivity contribution in [2.45, 2.75) is 6.42 Å². The van der Waals surface area contributed by atoms with Gasteiger partial charge in [0.1, 0.15) is 0 Å². The van der Waals surface area contributed by atoms with Gasteiger partial charge in [-0.3, -0.25) is 9.78 Å². The van der Waals surface area contributed by atoms with E-state index in [0.29, 0.717) is 30.9 Å². The number of pyridine rings is 1. The van der Waals surface area contributed by atoms with Crippen LogP contribution in [0, 0.1) is 5.92 Å². The first-order valence-corrected chi connectivity index (χ1v) is 4.92. The largest absolute Gasteiger partial charge is 0.397 e. The molecule has 5 nitrogen and oxygen atoms in total. The topological polar surface area (TPSA) is 85.2 Å². The maximum Gasteiger partial charge on any atom is 0.227 e. The number of carbonyl (C=O) groups is 1. The molecule has 1 saturated heterocycles. The Kier molecular flexibility index (Phi) is 2.55. The predicted molar refractivity (Wildman–Crippen MR) is 58.2 cm³/mol. The van der Waals surface area contributed by atoms with Gasteiger partial charge < -0.3 is 16.4 Å². The van der Waals surface area contributed by atoms with Crippen molar-refractivity contribution in [2.24, 2.45) is 11.7 Å². The second-order valence-electron chi connectivity index (χ2n) is 3.74. The molecule has 1 unspecified atom stereocenters. The summed E-state index contributed by atoms with van der Waals surface area (Å²) in [7, 11) is 0. The number of nitrogens with two attached hydrogens (primary N) is 2. The smallest absolute Gasteiger partial charge is 0.227 e. The van der Waals surface area contributed by atoms with Crippen molar-refractivity contribution in [2.75, 3.05) is 23.7 Å². The Balaban J connectivity index is 2.25. The highest BCUT2D eigenvalue weighted by atomic mass is 16.2. The molecule has 0 aromatic carbocycles. The van der Waals surface area contributed by atoms with Gasteiger partial charge in [-0.2, -0.15) is 0 Å². The van der Waals surface area contributed by atoms with E-state index in [-0.39, 0.29) is 11.8 Å². The summed E-state index contributed by atoms with van der Waals surface area (Å²) in [5.41, 5.74) is 12.6. The lowest BCUT2D eigenvalue weighted by atomic mass is 10.1. The van der Waals surface area contributed by atoms with Crippen LogP contribution in [-0.2, 0) is 4.79 Å². The number of hydrogen-bond donors (Lipinski definition) is 2. The molecule has 4 N–H and O–H groups in total. The molecule has 1 aromatic rings. The molecule has 1 aliphatic rings. The lowest BCUT2D eigenvalue weighted by Crippen LogP contribution is -2.26. The minimum absolute atomic E-state index is 0.0742. The van der Waals surface area contributed by atoms with Gasteiger partial charge in [0.2, 0.25) is 5.91 Å². The van der Waals surface area contributed by atoms with Gasteiger partial charge in [-0.25, -0.2) is 0 Å². The molecule has 1 amide bonds. The SMILES string of the molecule is NCC1CC(=O)N(c2cnccc2N)C1. The third kappa shape index (κ3) is 1.78. The first-order valence-electron chi connectivity index (χ1n) is 4.92. The molecule has 15 heavy (non-hydrogen) atoms. The summed E-state index contributed by atoms with van der Waals surface area (Å²) in [6, 6.07) is 1.69. The Morgan fingerprint density at radius 3 is 3.00 bits per heavy atom. The number of carbonyl (C=O) groups excluding carboxylic acids is 1. The van der Waals surface area contributed by atoms with Crippen LogP contribution < -0.4 is 16.4 Å². The fourth-order valence-corrected chi connectivity index (χ4v) is 1.79. The van der Waals surface area contributed by atoms with Crippen LogP contribution in [0.2, 0.25) is 0 Å². The van der Waals surface area contributed by atoms with Crippen molar-refractivity contribution < 1.29 is 4.79 Å². The van der Waals surface area contributed by atoms with E-state index in [1.165, 1.54) is 0 Å². The summed E-state index contributed by atoms with van der Waals surface area (Å²) in [5.74, 6) is 0.308. The number of rotatable bonds is 2. The number of amides is 1. The minimum atomic E-state index is 0.0742. The summed E-state index contributed by atoms with van der Waals surface area (Å²) in [4.78, 5) is 17.3. The molecule has 0 saturated carbocycles. The molecule has 2 rings (SSSR count). The van der Waals surface area contributed by atoms with Gasteiger partial charge in [0.25, 0.3) is 0 Å². The quantitative estimate of drug-likeness (QED) is 0.711. The van der Waals surface area contributed by atoms with Crippen LogP contribution in [0.5, 0.6) is 0 Å². The molecule has 0 radical (unpaired) electrons. The van der Waals surface area contributed by atoms with Crippen molar-refractivity contribution in [3.63, 3.8) is 0 Å². The fraction of sp³-hybridized carbons (Fsp3) is 0.400. The Morgan fingerprint density at radius 2 is 2.40 bits per heavy atom. The Morgan fingerprint density at radius 1 is 1.60 bits per heavy atom. The highest BCUT2D eigenvalue weighted by Crippen LogP contribution is 2.28. The lowest BCUT2D eigenvalue weighted by Gasteiger charge is -2.17. The molecule has 2 heterocycles. The van der Waals surface area contributed by atoms with E-state index in [1.54, 1.807) is 23.4 Å². The molecule has 1 atom stereocenters. The van der Waals surface area contributed by atoms with Crippen LogP contribution in [0.15, 0.2) is 18.5 Å². The number of aromatic nitrogens is 1. The monoisotopic (exact) mass is 206 g/mol. The molecular formula is C10H14N4O. The number of anilines is 2. The van der Waals surface area contributed by atoms with E-state index in [4.69, 9.17) is 11.5 Å². The zero-order valence-corrected chi connectivity index (χ0v) is 8.39. The first kappa shape index (κ1) is 9.92. The molecular weight excluding hydrogens is 192 g/mol. The van der Waals surface area contributed by atoms with Crippen LogP contribution in [-0.4, -0.2) is 24.0 Å². The average Bonchev–Trinajstić information content (AvgIpc) is 2.60. The Hall–Kier alpha value is -1.62. The van der Waals surface area contributed by atoms with Gasteiger partial charge >= 0.3 is 0 Å². The minimum Gasteiger partial charge on any atom is -0.397 e. The van der Waals surface area contributed by atoms with Crippen LogP contribution in [0.1, 0.15) is 6.42 Å². The maximum absolute atomic E-state index is 11.7. The average molecular weight is 206 g/mol.